The maximum absolute atomic E-state index is 13.6. The van der Waals surface area contributed by atoms with Crippen LogP contribution in [-0.4, -0.2) is 31.2 Å². The van der Waals surface area contributed by atoms with Crippen LogP contribution in [0.3, 0.4) is 0 Å². The molecule has 25 heavy (non-hydrogen) atoms. The fraction of sp³-hybridized carbons (Fsp3) is 0.312. The van der Waals surface area contributed by atoms with Crippen LogP contribution in [0.15, 0.2) is 40.6 Å². The van der Waals surface area contributed by atoms with E-state index in [0.717, 1.165) is 11.3 Å². The van der Waals surface area contributed by atoms with Crippen LogP contribution in [0.2, 0.25) is 4.34 Å². The van der Waals surface area contributed by atoms with E-state index >= 15 is 0 Å². The van der Waals surface area contributed by atoms with E-state index < -0.39 is 27.8 Å². The van der Waals surface area contributed by atoms with Gasteiger partial charge in [0.05, 0.1) is 4.34 Å². The van der Waals surface area contributed by atoms with E-state index in [1.54, 1.807) is 18.2 Å². The van der Waals surface area contributed by atoms with E-state index in [2.05, 4.69) is 5.32 Å². The van der Waals surface area contributed by atoms with Crippen molar-refractivity contribution in [3.8, 4) is 0 Å². The summed E-state index contributed by atoms with van der Waals surface area (Å²) in [6.45, 7) is 0.288. The summed E-state index contributed by atoms with van der Waals surface area (Å²) in [4.78, 5) is 12.5. The van der Waals surface area contributed by atoms with Gasteiger partial charge < -0.3 is 5.32 Å². The van der Waals surface area contributed by atoms with Crippen molar-refractivity contribution in [2.45, 2.75) is 29.6 Å². The first-order valence-corrected chi connectivity index (χ1v) is 10.3. The summed E-state index contributed by atoms with van der Waals surface area (Å²) in [5.41, 5.74) is 0.355. The highest BCUT2D eigenvalue weighted by Gasteiger charge is 2.40. The van der Waals surface area contributed by atoms with Crippen molar-refractivity contribution in [1.29, 1.82) is 0 Å². The molecule has 2 heterocycles. The monoisotopic (exact) mass is 402 g/mol. The van der Waals surface area contributed by atoms with Crippen LogP contribution < -0.4 is 5.32 Å². The van der Waals surface area contributed by atoms with Crippen molar-refractivity contribution in [3.05, 3.63) is 52.1 Å². The summed E-state index contributed by atoms with van der Waals surface area (Å²) in [5, 5.41) is 2.63. The molecule has 5 nitrogen and oxygen atoms in total. The molecule has 1 saturated heterocycles. The van der Waals surface area contributed by atoms with Gasteiger partial charge in [0, 0.05) is 18.7 Å². The molecule has 134 valence electrons. The number of halogens is 2. The third-order valence-corrected chi connectivity index (χ3v) is 7.64. The van der Waals surface area contributed by atoms with Gasteiger partial charge in [0.2, 0.25) is 5.91 Å². The first-order valence-electron chi connectivity index (χ1n) is 7.68. The Kier molecular flexibility index (Phi) is 5.43. The summed E-state index contributed by atoms with van der Waals surface area (Å²) in [6.07, 6.45) is 1.03. The summed E-state index contributed by atoms with van der Waals surface area (Å²) in [6, 6.07) is 8.30. The first-order chi connectivity index (χ1) is 11.9. The number of nitrogens with zero attached hydrogens (tertiary/aromatic N) is 1. The van der Waals surface area contributed by atoms with Gasteiger partial charge in [-0.1, -0.05) is 29.8 Å². The molecule has 0 aliphatic carbocycles. The van der Waals surface area contributed by atoms with Crippen LogP contribution in [0.1, 0.15) is 18.4 Å². The number of rotatable bonds is 5. The highest BCUT2D eigenvalue weighted by atomic mass is 35.5. The average Bonchev–Trinajstić information content (AvgIpc) is 3.23. The molecule has 1 N–H and O–H groups in total. The van der Waals surface area contributed by atoms with Crippen LogP contribution in [0, 0.1) is 5.82 Å². The molecule has 0 bridgehead atoms. The smallest absolute Gasteiger partial charge is 0.253 e. The number of hydrogen-bond donors (Lipinski definition) is 1. The lowest BCUT2D eigenvalue weighted by Gasteiger charge is -2.22. The Bertz CT molecular complexity index is 885. The molecule has 0 spiro atoms. The maximum Gasteiger partial charge on any atom is 0.253 e. The Morgan fingerprint density at radius 1 is 1.32 bits per heavy atom. The highest BCUT2D eigenvalue weighted by molar-refractivity contribution is 7.91. The maximum atomic E-state index is 13.6. The Morgan fingerprint density at radius 2 is 2.08 bits per heavy atom. The minimum absolute atomic E-state index is 0.0146. The summed E-state index contributed by atoms with van der Waals surface area (Å²) < 4.78 is 40.8. The predicted octanol–water partition coefficient (Wildman–Crippen LogP) is 3.01. The predicted molar refractivity (Wildman–Crippen MR) is 94.5 cm³/mol. The summed E-state index contributed by atoms with van der Waals surface area (Å²) in [7, 11) is -3.77. The Balaban J connectivity index is 1.73. The van der Waals surface area contributed by atoms with Crippen molar-refractivity contribution < 1.29 is 17.6 Å². The Morgan fingerprint density at radius 3 is 2.76 bits per heavy atom. The number of carbonyl (C=O) groups excluding carboxylic acids is 1. The molecule has 1 amide bonds. The third-order valence-electron chi connectivity index (χ3n) is 4.03. The van der Waals surface area contributed by atoms with Crippen LogP contribution in [0.5, 0.6) is 0 Å². The largest absolute Gasteiger partial charge is 0.351 e. The number of thiophene rings is 1. The molecule has 3 rings (SSSR count). The molecule has 1 aromatic carbocycles. The van der Waals surface area contributed by atoms with E-state index in [1.165, 1.54) is 22.5 Å². The summed E-state index contributed by atoms with van der Waals surface area (Å²) >= 11 is 6.79. The van der Waals surface area contributed by atoms with Gasteiger partial charge in [0.15, 0.2) is 0 Å². The van der Waals surface area contributed by atoms with E-state index in [9.17, 15) is 17.6 Å². The van der Waals surface area contributed by atoms with Crippen molar-refractivity contribution in [3.63, 3.8) is 0 Å². The lowest BCUT2D eigenvalue weighted by atomic mass is 10.2. The quantitative estimate of drug-likeness (QED) is 0.836. The van der Waals surface area contributed by atoms with Crippen LogP contribution in [0.25, 0.3) is 0 Å². The van der Waals surface area contributed by atoms with Crippen LogP contribution >= 0.6 is 22.9 Å². The number of sulfonamides is 1. The standard InChI is InChI=1S/C16H16ClFN2O3S2/c17-14-7-8-15(24-14)25(22,23)20-9-3-6-13(20)16(21)19-10-11-4-1-2-5-12(11)18/h1-2,4-5,7-8,13H,3,6,9-10H2,(H,19,21)/t13-/m1/s1. The van der Waals surface area contributed by atoms with Gasteiger partial charge in [-0.2, -0.15) is 4.31 Å². The third kappa shape index (κ3) is 3.87. The van der Waals surface area contributed by atoms with E-state index in [-0.39, 0.29) is 17.3 Å². The molecule has 0 saturated carbocycles. The fourth-order valence-corrected chi connectivity index (χ4v) is 6.05. The van der Waals surface area contributed by atoms with Gasteiger partial charge in [-0.15, -0.1) is 11.3 Å². The fourth-order valence-electron chi connectivity index (χ4n) is 2.78. The van der Waals surface area contributed by atoms with E-state index in [0.29, 0.717) is 22.7 Å². The summed E-state index contributed by atoms with van der Waals surface area (Å²) in [5.74, 6) is -0.834. The second kappa shape index (κ2) is 7.41. The Labute approximate surface area is 154 Å². The van der Waals surface area contributed by atoms with Crippen LogP contribution in [0.4, 0.5) is 4.39 Å². The molecular weight excluding hydrogens is 387 g/mol. The zero-order valence-electron chi connectivity index (χ0n) is 13.1. The molecule has 1 fully saturated rings. The van der Waals surface area contributed by atoms with Gasteiger partial charge in [0.25, 0.3) is 10.0 Å². The minimum Gasteiger partial charge on any atom is -0.351 e. The number of nitrogens with one attached hydrogen (secondary N) is 1. The highest BCUT2D eigenvalue weighted by Crippen LogP contribution is 2.32. The van der Waals surface area contributed by atoms with Crippen molar-refractivity contribution in [2.75, 3.05) is 6.54 Å². The van der Waals surface area contributed by atoms with Gasteiger partial charge in [-0.05, 0) is 31.0 Å². The molecule has 2 aromatic rings. The molecule has 1 aliphatic rings. The van der Waals surface area contributed by atoms with E-state index in [1.807, 2.05) is 0 Å². The molecule has 0 radical (unpaired) electrons. The zero-order valence-corrected chi connectivity index (χ0v) is 15.5. The molecule has 1 aliphatic heterocycles. The van der Waals surface area contributed by atoms with E-state index in [4.69, 9.17) is 11.6 Å². The number of benzene rings is 1. The lowest BCUT2D eigenvalue weighted by Crippen LogP contribution is -2.45. The average molecular weight is 403 g/mol. The molecule has 9 heteroatoms. The second-order valence-electron chi connectivity index (χ2n) is 5.64. The first kappa shape index (κ1) is 18.3. The van der Waals surface area contributed by atoms with Gasteiger partial charge in [-0.25, -0.2) is 12.8 Å². The number of hydrogen-bond acceptors (Lipinski definition) is 4. The van der Waals surface area contributed by atoms with Crippen molar-refractivity contribution in [1.82, 2.24) is 9.62 Å². The second-order valence-corrected chi connectivity index (χ2v) is 9.47. The number of amides is 1. The molecule has 1 atom stereocenters. The van der Waals surface area contributed by atoms with Crippen molar-refractivity contribution in [2.24, 2.45) is 0 Å². The zero-order chi connectivity index (χ0) is 18.0. The SMILES string of the molecule is O=C(NCc1ccccc1F)[C@H]1CCCN1S(=O)(=O)c1ccc(Cl)s1. The topological polar surface area (TPSA) is 66.5 Å². The van der Waals surface area contributed by atoms with Gasteiger partial charge in [0.1, 0.15) is 16.1 Å². The van der Waals surface area contributed by atoms with Crippen molar-refractivity contribution >= 4 is 38.9 Å². The minimum atomic E-state index is -3.77. The van der Waals surface area contributed by atoms with Gasteiger partial charge in [-0.3, -0.25) is 4.79 Å². The molecule has 0 unspecified atom stereocenters. The molecular formula is C16H16ClFN2O3S2. The van der Waals surface area contributed by atoms with Gasteiger partial charge >= 0.3 is 0 Å². The Hall–Kier alpha value is -1.48. The number of carbonyl (C=O) groups is 1. The molecule has 1 aromatic heterocycles. The van der Waals surface area contributed by atoms with Crippen LogP contribution in [-0.2, 0) is 21.4 Å². The normalized spacial score (nSPS) is 18.4. The lowest BCUT2D eigenvalue weighted by molar-refractivity contribution is -0.124.